The van der Waals surface area contributed by atoms with Crippen LogP contribution in [0.2, 0.25) is 0 Å². The Balaban J connectivity index is 2.76. The fourth-order valence-corrected chi connectivity index (χ4v) is 1.54. The van der Waals surface area contributed by atoms with E-state index < -0.39 is 18.0 Å². The molecule has 0 aliphatic rings. The third-order valence-corrected chi connectivity index (χ3v) is 2.38. The summed E-state index contributed by atoms with van der Waals surface area (Å²) in [5, 5.41) is 6.39. The van der Waals surface area contributed by atoms with Gasteiger partial charge in [0.1, 0.15) is 6.04 Å². The van der Waals surface area contributed by atoms with Crippen molar-refractivity contribution in [3.05, 3.63) is 18.0 Å². The first-order valence-electron chi connectivity index (χ1n) is 6.02. The van der Waals surface area contributed by atoms with E-state index in [1.807, 2.05) is 0 Å². The molecule has 1 aromatic rings. The standard InChI is InChI=1S/C12H17N3O5/c1-4-20-11(17)9-5-13-15(6-9)7-10(12(18)19-3)14-8(2)16/h5-6,10H,4,7H2,1-3H3,(H,14,16). The zero-order valence-corrected chi connectivity index (χ0v) is 11.6. The topological polar surface area (TPSA) is 99.5 Å². The summed E-state index contributed by atoms with van der Waals surface area (Å²) in [5.41, 5.74) is 0.276. The van der Waals surface area contributed by atoms with Crippen molar-refractivity contribution in [2.24, 2.45) is 0 Å². The SMILES string of the molecule is CCOC(=O)c1cnn(CC(NC(C)=O)C(=O)OC)c1. The molecule has 0 aliphatic carbocycles. The first-order valence-corrected chi connectivity index (χ1v) is 6.02. The zero-order valence-electron chi connectivity index (χ0n) is 11.6. The Bertz CT molecular complexity index is 497. The number of hydrogen-bond donors (Lipinski definition) is 1. The van der Waals surface area contributed by atoms with Gasteiger partial charge in [-0.05, 0) is 6.92 Å². The number of hydrogen-bond acceptors (Lipinski definition) is 6. The Morgan fingerprint density at radius 2 is 2.15 bits per heavy atom. The fraction of sp³-hybridized carbons (Fsp3) is 0.500. The number of methoxy groups -OCH3 is 1. The second-order valence-electron chi connectivity index (χ2n) is 3.95. The van der Waals surface area contributed by atoms with E-state index in [4.69, 9.17) is 4.74 Å². The van der Waals surface area contributed by atoms with Crippen LogP contribution in [0.1, 0.15) is 24.2 Å². The molecule has 20 heavy (non-hydrogen) atoms. The van der Waals surface area contributed by atoms with Crippen LogP contribution in [-0.2, 0) is 25.6 Å². The Kier molecular flexibility index (Phi) is 5.70. The molecule has 0 bridgehead atoms. The molecule has 0 fully saturated rings. The van der Waals surface area contributed by atoms with Gasteiger partial charge in [0.15, 0.2) is 0 Å². The quantitative estimate of drug-likeness (QED) is 0.722. The van der Waals surface area contributed by atoms with Crippen LogP contribution in [0, 0.1) is 0 Å². The van der Waals surface area contributed by atoms with E-state index in [0.29, 0.717) is 0 Å². The second kappa shape index (κ2) is 7.27. The molecule has 0 radical (unpaired) electrons. The van der Waals surface area contributed by atoms with Crippen LogP contribution in [-0.4, -0.2) is 47.4 Å². The fourth-order valence-electron chi connectivity index (χ4n) is 1.54. The maximum absolute atomic E-state index is 11.5. The minimum Gasteiger partial charge on any atom is -0.467 e. The summed E-state index contributed by atoms with van der Waals surface area (Å²) >= 11 is 0. The number of carbonyl (C=O) groups excluding carboxylic acids is 3. The van der Waals surface area contributed by atoms with Crippen LogP contribution in [0.4, 0.5) is 0 Å². The zero-order chi connectivity index (χ0) is 15.1. The van der Waals surface area contributed by atoms with Crippen molar-refractivity contribution in [3.8, 4) is 0 Å². The predicted molar refractivity (Wildman–Crippen MR) is 67.8 cm³/mol. The minimum absolute atomic E-state index is 0.0612. The summed E-state index contributed by atoms with van der Waals surface area (Å²) in [6.45, 7) is 3.32. The van der Waals surface area contributed by atoms with Crippen LogP contribution in [0.3, 0.4) is 0 Å². The van der Waals surface area contributed by atoms with Gasteiger partial charge in [-0.25, -0.2) is 9.59 Å². The van der Waals surface area contributed by atoms with Gasteiger partial charge in [-0.3, -0.25) is 9.48 Å². The molecule has 8 nitrogen and oxygen atoms in total. The maximum Gasteiger partial charge on any atom is 0.341 e. The van der Waals surface area contributed by atoms with E-state index in [-0.39, 0.29) is 24.6 Å². The van der Waals surface area contributed by atoms with Crippen molar-refractivity contribution in [1.82, 2.24) is 15.1 Å². The molecular weight excluding hydrogens is 266 g/mol. The van der Waals surface area contributed by atoms with Gasteiger partial charge < -0.3 is 14.8 Å². The molecule has 8 heteroatoms. The number of aromatic nitrogens is 2. The van der Waals surface area contributed by atoms with Crippen LogP contribution in [0.25, 0.3) is 0 Å². The Hall–Kier alpha value is -2.38. The van der Waals surface area contributed by atoms with Crippen molar-refractivity contribution < 1.29 is 23.9 Å². The molecule has 1 unspecified atom stereocenters. The van der Waals surface area contributed by atoms with Crippen molar-refractivity contribution in [2.75, 3.05) is 13.7 Å². The molecule has 1 heterocycles. The molecule has 0 saturated heterocycles. The lowest BCUT2D eigenvalue weighted by Gasteiger charge is -2.15. The number of rotatable bonds is 6. The predicted octanol–water partition coefficient (Wildman–Crippen LogP) is -0.262. The number of nitrogens with one attached hydrogen (secondary N) is 1. The summed E-state index contributed by atoms with van der Waals surface area (Å²) in [7, 11) is 1.23. The van der Waals surface area contributed by atoms with Gasteiger partial charge in [0.2, 0.25) is 5.91 Å². The number of carbonyl (C=O) groups is 3. The van der Waals surface area contributed by atoms with E-state index in [1.54, 1.807) is 6.92 Å². The number of esters is 2. The van der Waals surface area contributed by atoms with E-state index >= 15 is 0 Å². The van der Waals surface area contributed by atoms with Crippen LogP contribution in [0.5, 0.6) is 0 Å². The molecule has 1 aromatic heterocycles. The molecule has 1 atom stereocenters. The Morgan fingerprint density at radius 3 is 2.70 bits per heavy atom. The average molecular weight is 283 g/mol. The number of amides is 1. The van der Waals surface area contributed by atoms with E-state index in [9.17, 15) is 14.4 Å². The third-order valence-electron chi connectivity index (χ3n) is 2.38. The van der Waals surface area contributed by atoms with Gasteiger partial charge in [-0.1, -0.05) is 0 Å². The smallest absolute Gasteiger partial charge is 0.341 e. The Labute approximate surface area is 116 Å². The first kappa shape index (κ1) is 15.7. The molecule has 1 N–H and O–H groups in total. The van der Waals surface area contributed by atoms with E-state index in [1.165, 1.54) is 31.1 Å². The van der Waals surface area contributed by atoms with Crippen molar-refractivity contribution in [1.29, 1.82) is 0 Å². The number of nitrogens with zero attached hydrogens (tertiary/aromatic N) is 2. The summed E-state index contributed by atoms with van der Waals surface area (Å²) in [5.74, 6) is -1.44. The highest BCUT2D eigenvalue weighted by atomic mass is 16.5. The highest BCUT2D eigenvalue weighted by molar-refractivity contribution is 5.88. The van der Waals surface area contributed by atoms with Crippen molar-refractivity contribution >= 4 is 17.8 Å². The van der Waals surface area contributed by atoms with Gasteiger partial charge in [0.05, 0.1) is 32.0 Å². The molecule has 110 valence electrons. The summed E-state index contributed by atoms with van der Waals surface area (Å²) < 4.78 is 10.8. The minimum atomic E-state index is -0.868. The summed E-state index contributed by atoms with van der Waals surface area (Å²) in [4.78, 5) is 34.0. The van der Waals surface area contributed by atoms with Gasteiger partial charge in [-0.15, -0.1) is 0 Å². The lowest BCUT2D eigenvalue weighted by molar-refractivity contribution is -0.145. The van der Waals surface area contributed by atoms with E-state index in [2.05, 4.69) is 15.2 Å². The summed E-state index contributed by atoms with van der Waals surface area (Å²) in [6, 6.07) is -0.868. The van der Waals surface area contributed by atoms with Crippen molar-refractivity contribution in [2.45, 2.75) is 26.4 Å². The highest BCUT2D eigenvalue weighted by Gasteiger charge is 2.21. The van der Waals surface area contributed by atoms with Crippen molar-refractivity contribution in [3.63, 3.8) is 0 Å². The monoisotopic (exact) mass is 283 g/mol. The molecule has 0 aromatic carbocycles. The van der Waals surface area contributed by atoms with Crippen LogP contribution >= 0.6 is 0 Å². The first-order chi connectivity index (χ1) is 9.47. The molecular formula is C12H17N3O5. The highest BCUT2D eigenvalue weighted by Crippen LogP contribution is 2.02. The Morgan fingerprint density at radius 1 is 1.45 bits per heavy atom. The normalized spacial score (nSPS) is 11.6. The molecule has 1 amide bonds. The molecule has 0 aliphatic heterocycles. The van der Waals surface area contributed by atoms with Gasteiger partial charge in [-0.2, -0.15) is 5.10 Å². The van der Waals surface area contributed by atoms with Gasteiger partial charge in [0.25, 0.3) is 0 Å². The molecule has 1 rings (SSSR count). The van der Waals surface area contributed by atoms with E-state index in [0.717, 1.165) is 0 Å². The molecule has 0 saturated carbocycles. The average Bonchev–Trinajstić information content (AvgIpc) is 2.85. The van der Waals surface area contributed by atoms with Crippen LogP contribution < -0.4 is 5.32 Å². The van der Waals surface area contributed by atoms with Gasteiger partial charge >= 0.3 is 11.9 Å². The molecule has 0 spiro atoms. The number of ether oxygens (including phenoxy) is 2. The maximum atomic E-state index is 11.5. The van der Waals surface area contributed by atoms with Crippen LogP contribution in [0.15, 0.2) is 12.4 Å². The third kappa shape index (κ3) is 4.38. The summed E-state index contributed by atoms with van der Waals surface area (Å²) in [6.07, 6.45) is 2.77. The largest absolute Gasteiger partial charge is 0.467 e. The second-order valence-corrected chi connectivity index (χ2v) is 3.95. The van der Waals surface area contributed by atoms with Gasteiger partial charge in [0, 0.05) is 13.1 Å². The lowest BCUT2D eigenvalue weighted by Crippen LogP contribution is -2.43. The lowest BCUT2D eigenvalue weighted by atomic mass is 10.3.